The Kier molecular flexibility index (Phi) is 2.69. The van der Waals surface area contributed by atoms with Crippen molar-refractivity contribution >= 4 is 27.5 Å². The number of nitro benzene ring substituents is 1. The number of nitrogens with zero attached hydrogens (tertiary/aromatic N) is 2. The molecular formula is C18H12N2O2. The van der Waals surface area contributed by atoms with Gasteiger partial charge in [0, 0.05) is 28.6 Å². The van der Waals surface area contributed by atoms with Crippen LogP contribution in [0.1, 0.15) is 0 Å². The summed E-state index contributed by atoms with van der Waals surface area (Å²) in [6, 6.07) is 23.0. The van der Waals surface area contributed by atoms with Crippen LogP contribution in [0.25, 0.3) is 27.5 Å². The third-order valence-corrected chi connectivity index (χ3v) is 3.88. The molecule has 0 unspecified atom stereocenters. The highest BCUT2D eigenvalue weighted by molar-refractivity contribution is 6.09. The molecule has 22 heavy (non-hydrogen) atoms. The normalized spacial score (nSPS) is 11.1. The topological polar surface area (TPSA) is 48.1 Å². The number of para-hydroxylation sites is 2. The van der Waals surface area contributed by atoms with Crippen molar-refractivity contribution in [2.75, 3.05) is 0 Å². The fourth-order valence-electron chi connectivity index (χ4n) is 2.93. The highest BCUT2D eigenvalue weighted by Gasteiger charge is 2.15. The minimum atomic E-state index is -0.355. The van der Waals surface area contributed by atoms with E-state index in [-0.39, 0.29) is 10.6 Å². The zero-order chi connectivity index (χ0) is 15.1. The van der Waals surface area contributed by atoms with E-state index < -0.39 is 0 Å². The highest BCUT2D eigenvalue weighted by atomic mass is 16.6. The van der Waals surface area contributed by atoms with E-state index in [1.165, 1.54) is 0 Å². The summed E-state index contributed by atoms with van der Waals surface area (Å²) in [4.78, 5) is 10.7. The Morgan fingerprint density at radius 1 is 0.773 bits per heavy atom. The molecule has 4 nitrogen and oxygen atoms in total. The monoisotopic (exact) mass is 288 g/mol. The lowest BCUT2D eigenvalue weighted by molar-refractivity contribution is -0.384. The van der Waals surface area contributed by atoms with Crippen molar-refractivity contribution in [2.45, 2.75) is 0 Å². The van der Waals surface area contributed by atoms with Crippen LogP contribution in [0.15, 0.2) is 72.8 Å². The van der Waals surface area contributed by atoms with E-state index in [1.807, 2.05) is 60.7 Å². The van der Waals surface area contributed by atoms with Gasteiger partial charge in [-0.3, -0.25) is 10.1 Å². The van der Waals surface area contributed by atoms with Crippen LogP contribution in [-0.4, -0.2) is 9.49 Å². The second-order valence-electron chi connectivity index (χ2n) is 5.15. The SMILES string of the molecule is O=[N+]([O-])c1ccc2c3ccccc3n(-c3ccccc3)c2c1. The van der Waals surface area contributed by atoms with Crippen molar-refractivity contribution in [2.24, 2.45) is 0 Å². The molecule has 106 valence electrons. The maximum atomic E-state index is 11.1. The number of hydrogen-bond acceptors (Lipinski definition) is 2. The molecule has 0 fully saturated rings. The molecule has 0 amide bonds. The van der Waals surface area contributed by atoms with Crippen LogP contribution in [-0.2, 0) is 0 Å². The number of aromatic nitrogens is 1. The first-order valence-corrected chi connectivity index (χ1v) is 6.99. The molecule has 4 rings (SSSR count). The van der Waals surface area contributed by atoms with Crippen LogP contribution in [0.2, 0.25) is 0 Å². The summed E-state index contributed by atoms with van der Waals surface area (Å²) in [6.07, 6.45) is 0. The second-order valence-corrected chi connectivity index (χ2v) is 5.15. The maximum Gasteiger partial charge on any atom is 0.271 e. The number of non-ortho nitro benzene ring substituents is 1. The summed E-state index contributed by atoms with van der Waals surface area (Å²) < 4.78 is 2.07. The molecule has 0 radical (unpaired) electrons. The lowest BCUT2D eigenvalue weighted by Gasteiger charge is -2.07. The lowest BCUT2D eigenvalue weighted by Crippen LogP contribution is -1.94. The molecule has 0 N–H and O–H groups in total. The van der Waals surface area contributed by atoms with Crippen molar-refractivity contribution in [1.29, 1.82) is 0 Å². The Morgan fingerprint density at radius 3 is 2.23 bits per heavy atom. The number of nitro groups is 1. The van der Waals surface area contributed by atoms with E-state index in [9.17, 15) is 10.1 Å². The molecule has 0 saturated heterocycles. The largest absolute Gasteiger partial charge is 0.309 e. The maximum absolute atomic E-state index is 11.1. The van der Waals surface area contributed by atoms with Crippen molar-refractivity contribution < 1.29 is 4.92 Å². The fraction of sp³-hybridized carbons (Fsp3) is 0. The summed E-state index contributed by atoms with van der Waals surface area (Å²) >= 11 is 0. The third-order valence-electron chi connectivity index (χ3n) is 3.88. The van der Waals surface area contributed by atoms with Gasteiger partial charge in [0.05, 0.1) is 16.0 Å². The molecule has 4 aromatic rings. The van der Waals surface area contributed by atoms with E-state index in [2.05, 4.69) is 4.57 Å². The zero-order valence-electron chi connectivity index (χ0n) is 11.6. The fourth-order valence-corrected chi connectivity index (χ4v) is 2.93. The van der Waals surface area contributed by atoms with Crippen LogP contribution in [0.5, 0.6) is 0 Å². The Balaban J connectivity index is 2.19. The summed E-state index contributed by atoms with van der Waals surface area (Å²) in [6.45, 7) is 0. The van der Waals surface area contributed by atoms with Crippen LogP contribution >= 0.6 is 0 Å². The molecule has 0 aliphatic rings. The van der Waals surface area contributed by atoms with E-state index in [0.717, 1.165) is 27.5 Å². The van der Waals surface area contributed by atoms with Gasteiger partial charge in [0.25, 0.3) is 5.69 Å². The average molecular weight is 288 g/mol. The smallest absolute Gasteiger partial charge is 0.271 e. The van der Waals surface area contributed by atoms with Crippen molar-refractivity contribution in [3.8, 4) is 5.69 Å². The molecule has 0 aliphatic heterocycles. The minimum absolute atomic E-state index is 0.104. The molecule has 4 heteroatoms. The van der Waals surface area contributed by atoms with Gasteiger partial charge in [-0.25, -0.2) is 0 Å². The summed E-state index contributed by atoms with van der Waals surface area (Å²) in [5, 5.41) is 13.2. The molecule has 0 atom stereocenters. The van der Waals surface area contributed by atoms with Crippen molar-refractivity contribution in [3.05, 3.63) is 82.9 Å². The minimum Gasteiger partial charge on any atom is -0.309 e. The van der Waals surface area contributed by atoms with Crippen molar-refractivity contribution in [3.63, 3.8) is 0 Å². The van der Waals surface area contributed by atoms with Gasteiger partial charge in [0.15, 0.2) is 0 Å². The van der Waals surface area contributed by atoms with Gasteiger partial charge in [-0.2, -0.15) is 0 Å². The Labute approximate surface area is 126 Å². The van der Waals surface area contributed by atoms with E-state index in [4.69, 9.17) is 0 Å². The summed E-state index contributed by atoms with van der Waals surface area (Å²) in [7, 11) is 0. The molecule has 3 aromatic carbocycles. The molecule has 1 heterocycles. The van der Waals surface area contributed by atoms with Crippen LogP contribution < -0.4 is 0 Å². The summed E-state index contributed by atoms with van der Waals surface area (Å²) in [5.74, 6) is 0. The molecule has 0 spiro atoms. The number of fused-ring (bicyclic) bond motifs is 3. The molecule has 1 aromatic heterocycles. The zero-order valence-corrected chi connectivity index (χ0v) is 11.6. The second kappa shape index (κ2) is 4.70. The predicted octanol–water partition coefficient (Wildman–Crippen LogP) is 4.69. The first kappa shape index (κ1) is 12.6. The third kappa shape index (κ3) is 1.78. The molecule has 0 bridgehead atoms. The van der Waals surface area contributed by atoms with Gasteiger partial charge in [-0.15, -0.1) is 0 Å². The van der Waals surface area contributed by atoms with Gasteiger partial charge >= 0.3 is 0 Å². The van der Waals surface area contributed by atoms with Crippen LogP contribution in [0.3, 0.4) is 0 Å². The van der Waals surface area contributed by atoms with Gasteiger partial charge in [0.1, 0.15) is 0 Å². The van der Waals surface area contributed by atoms with E-state index in [0.29, 0.717) is 0 Å². The van der Waals surface area contributed by atoms with Gasteiger partial charge < -0.3 is 4.57 Å². The van der Waals surface area contributed by atoms with E-state index >= 15 is 0 Å². The summed E-state index contributed by atoms with van der Waals surface area (Å²) in [5.41, 5.74) is 2.99. The number of benzene rings is 3. The van der Waals surface area contributed by atoms with Crippen LogP contribution in [0, 0.1) is 10.1 Å². The quantitative estimate of drug-likeness (QED) is 0.397. The van der Waals surface area contributed by atoms with Crippen LogP contribution in [0.4, 0.5) is 5.69 Å². The van der Waals surface area contributed by atoms with Gasteiger partial charge in [0.2, 0.25) is 0 Å². The Morgan fingerprint density at radius 2 is 1.45 bits per heavy atom. The first-order valence-electron chi connectivity index (χ1n) is 6.99. The Bertz CT molecular complexity index is 1000. The molecule has 0 saturated carbocycles. The first-order chi connectivity index (χ1) is 10.8. The Hall–Kier alpha value is -3.14. The number of rotatable bonds is 2. The highest BCUT2D eigenvalue weighted by Crippen LogP contribution is 2.33. The van der Waals surface area contributed by atoms with Gasteiger partial charge in [-0.1, -0.05) is 36.4 Å². The van der Waals surface area contributed by atoms with E-state index in [1.54, 1.807) is 12.1 Å². The molecular weight excluding hydrogens is 276 g/mol. The number of hydrogen-bond donors (Lipinski definition) is 0. The lowest BCUT2D eigenvalue weighted by atomic mass is 10.1. The van der Waals surface area contributed by atoms with Crippen molar-refractivity contribution in [1.82, 2.24) is 4.57 Å². The predicted molar refractivity (Wildman–Crippen MR) is 87.4 cm³/mol. The molecule has 0 aliphatic carbocycles. The average Bonchev–Trinajstić information content (AvgIpc) is 2.89. The van der Waals surface area contributed by atoms with Gasteiger partial charge in [-0.05, 0) is 24.3 Å². The standard InChI is InChI=1S/C18H12N2O2/c21-20(22)14-10-11-16-15-8-4-5-9-17(15)19(18(16)12-14)13-6-2-1-3-7-13/h1-12H.